The maximum absolute atomic E-state index is 11.5. The maximum atomic E-state index is 11.5. The molecule has 0 aromatic carbocycles. The second kappa shape index (κ2) is 4.51. The lowest BCUT2D eigenvalue weighted by molar-refractivity contribution is -0.142. The highest BCUT2D eigenvalue weighted by molar-refractivity contribution is 6.47. The van der Waals surface area contributed by atoms with Gasteiger partial charge in [-0.1, -0.05) is 0 Å². The van der Waals surface area contributed by atoms with Crippen molar-refractivity contribution in [2.24, 2.45) is 0 Å². The fraction of sp³-hybridized carbons (Fsp3) is 0.917. The predicted molar refractivity (Wildman–Crippen MR) is 68.0 cm³/mol. The molecule has 18 heavy (non-hydrogen) atoms. The molecule has 102 valence electrons. The number of hydrogen-bond donors (Lipinski definition) is 1. The van der Waals surface area contributed by atoms with E-state index in [-0.39, 0.29) is 36.3 Å². The standard InChI is InChI=1S/C12H22BNO4/c1-11(2)12(3,4)18-13(17-11)9-7-6-8(14-9)10(15)16-5/h8-9,14H,6-7H2,1-5H3. The Kier molecular flexibility index (Phi) is 3.47. The molecule has 2 saturated heterocycles. The third-order valence-corrected chi connectivity index (χ3v) is 4.27. The first-order chi connectivity index (χ1) is 8.27. The van der Waals surface area contributed by atoms with Gasteiger partial charge >= 0.3 is 13.1 Å². The second-order valence-corrected chi connectivity index (χ2v) is 6.05. The molecule has 2 rings (SSSR count). The largest absolute Gasteiger partial charge is 0.476 e. The van der Waals surface area contributed by atoms with Crippen molar-refractivity contribution in [1.29, 1.82) is 0 Å². The van der Waals surface area contributed by atoms with E-state index in [9.17, 15) is 4.79 Å². The van der Waals surface area contributed by atoms with E-state index in [1.807, 2.05) is 27.7 Å². The highest BCUT2D eigenvalue weighted by Crippen LogP contribution is 2.38. The molecule has 0 bridgehead atoms. The number of hydrogen-bond acceptors (Lipinski definition) is 5. The molecule has 0 radical (unpaired) electrons. The van der Waals surface area contributed by atoms with Crippen LogP contribution in [0.15, 0.2) is 0 Å². The van der Waals surface area contributed by atoms with Gasteiger partial charge in [0.15, 0.2) is 0 Å². The van der Waals surface area contributed by atoms with Crippen LogP contribution in [0, 0.1) is 0 Å². The second-order valence-electron chi connectivity index (χ2n) is 6.05. The molecule has 2 aliphatic rings. The van der Waals surface area contributed by atoms with Gasteiger partial charge in [-0.2, -0.15) is 0 Å². The molecule has 0 aromatic rings. The van der Waals surface area contributed by atoms with Crippen LogP contribution in [0.3, 0.4) is 0 Å². The topological polar surface area (TPSA) is 56.8 Å². The highest BCUT2D eigenvalue weighted by atomic mass is 16.7. The van der Waals surface area contributed by atoms with E-state index in [4.69, 9.17) is 14.0 Å². The van der Waals surface area contributed by atoms with Crippen LogP contribution in [-0.4, -0.2) is 43.4 Å². The Morgan fingerprint density at radius 3 is 2.28 bits per heavy atom. The number of nitrogens with one attached hydrogen (secondary N) is 1. The van der Waals surface area contributed by atoms with Gasteiger partial charge in [-0.3, -0.25) is 4.79 Å². The maximum Gasteiger partial charge on any atom is 0.476 e. The fourth-order valence-corrected chi connectivity index (χ4v) is 2.37. The molecule has 1 N–H and O–H groups in total. The number of esters is 1. The summed E-state index contributed by atoms with van der Waals surface area (Å²) in [7, 11) is 1.11. The third-order valence-electron chi connectivity index (χ3n) is 4.27. The number of rotatable bonds is 2. The number of carbonyl (C=O) groups is 1. The van der Waals surface area contributed by atoms with E-state index in [0.717, 1.165) is 12.8 Å². The van der Waals surface area contributed by atoms with E-state index in [0.29, 0.717) is 0 Å². The molecule has 0 aliphatic carbocycles. The Morgan fingerprint density at radius 1 is 1.22 bits per heavy atom. The molecule has 0 saturated carbocycles. The zero-order valence-electron chi connectivity index (χ0n) is 11.8. The Balaban J connectivity index is 1.98. The van der Waals surface area contributed by atoms with Gasteiger partial charge in [-0.05, 0) is 40.5 Å². The summed E-state index contributed by atoms with van der Waals surface area (Å²) in [6.07, 6.45) is 1.62. The average Bonchev–Trinajstić information content (AvgIpc) is 2.82. The van der Waals surface area contributed by atoms with Crippen molar-refractivity contribution in [3.63, 3.8) is 0 Å². The molecule has 2 unspecified atom stereocenters. The van der Waals surface area contributed by atoms with Gasteiger partial charge in [0.05, 0.1) is 18.3 Å². The summed E-state index contributed by atoms with van der Waals surface area (Å²) in [4.78, 5) is 11.5. The molecule has 0 aromatic heterocycles. The van der Waals surface area contributed by atoms with Crippen LogP contribution >= 0.6 is 0 Å². The van der Waals surface area contributed by atoms with Gasteiger partial charge in [0.1, 0.15) is 6.04 Å². The molecule has 2 atom stereocenters. The summed E-state index contributed by atoms with van der Waals surface area (Å²) >= 11 is 0. The molecule has 2 fully saturated rings. The number of carbonyl (C=O) groups excluding carboxylic acids is 1. The summed E-state index contributed by atoms with van der Waals surface area (Å²) in [5.74, 6) is -0.163. The van der Waals surface area contributed by atoms with Crippen molar-refractivity contribution in [1.82, 2.24) is 5.32 Å². The molecule has 2 aliphatic heterocycles. The van der Waals surface area contributed by atoms with Crippen LogP contribution < -0.4 is 5.32 Å². The van der Waals surface area contributed by atoms with Gasteiger partial charge in [0.25, 0.3) is 0 Å². The quantitative estimate of drug-likeness (QED) is 0.587. The Labute approximate surface area is 109 Å². The summed E-state index contributed by atoms with van der Waals surface area (Å²) in [6, 6.07) is -0.237. The molecular formula is C12H22BNO4. The number of ether oxygens (including phenoxy) is 1. The van der Waals surface area contributed by atoms with Crippen LogP contribution in [0.1, 0.15) is 40.5 Å². The first-order valence-corrected chi connectivity index (χ1v) is 6.46. The van der Waals surface area contributed by atoms with E-state index >= 15 is 0 Å². The Morgan fingerprint density at radius 2 is 1.78 bits per heavy atom. The molecule has 0 spiro atoms. The zero-order valence-corrected chi connectivity index (χ0v) is 11.8. The van der Waals surface area contributed by atoms with Crippen molar-refractivity contribution in [2.45, 2.75) is 63.7 Å². The Hall–Kier alpha value is -0.585. The Bertz CT molecular complexity index is 329. The first-order valence-electron chi connectivity index (χ1n) is 6.46. The van der Waals surface area contributed by atoms with Crippen LogP contribution in [0.2, 0.25) is 0 Å². The smallest absolute Gasteiger partial charge is 0.468 e. The fourth-order valence-electron chi connectivity index (χ4n) is 2.37. The van der Waals surface area contributed by atoms with Crippen LogP contribution in [-0.2, 0) is 18.8 Å². The lowest BCUT2D eigenvalue weighted by Gasteiger charge is -2.32. The monoisotopic (exact) mass is 255 g/mol. The summed E-state index contributed by atoms with van der Waals surface area (Å²) in [5.41, 5.74) is -0.661. The van der Waals surface area contributed by atoms with Gasteiger partial charge in [-0.15, -0.1) is 0 Å². The minimum atomic E-state index is -0.331. The van der Waals surface area contributed by atoms with Crippen molar-refractivity contribution >= 4 is 13.1 Å². The normalized spacial score (nSPS) is 33.7. The van der Waals surface area contributed by atoms with Gasteiger partial charge in [0.2, 0.25) is 0 Å². The lowest BCUT2D eigenvalue weighted by atomic mass is 9.77. The lowest BCUT2D eigenvalue weighted by Crippen LogP contribution is -2.46. The SMILES string of the molecule is COC(=O)C1CCC(B2OC(C)(C)C(C)(C)O2)N1. The van der Waals surface area contributed by atoms with Crippen molar-refractivity contribution in [3.05, 3.63) is 0 Å². The predicted octanol–water partition coefficient (Wildman–Crippen LogP) is 0.911. The summed E-state index contributed by atoms with van der Waals surface area (Å²) in [6.45, 7) is 8.11. The van der Waals surface area contributed by atoms with E-state index in [1.165, 1.54) is 7.11 Å². The van der Waals surface area contributed by atoms with Crippen molar-refractivity contribution in [2.75, 3.05) is 7.11 Å². The van der Waals surface area contributed by atoms with Gasteiger partial charge in [0, 0.05) is 5.94 Å². The summed E-state index contributed by atoms with van der Waals surface area (Å²) < 4.78 is 16.7. The van der Waals surface area contributed by atoms with E-state index in [1.54, 1.807) is 0 Å². The highest BCUT2D eigenvalue weighted by Gasteiger charge is 2.55. The third kappa shape index (κ3) is 2.29. The summed E-state index contributed by atoms with van der Waals surface area (Å²) in [5, 5.41) is 3.23. The molecular weight excluding hydrogens is 233 g/mol. The van der Waals surface area contributed by atoms with Crippen molar-refractivity contribution in [3.8, 4) is 0 Å². The number of methoxy groups -OCH3 is 1. The van der Waals surface area contributed by atoms with Gasteiger partial charge < -0.3 is 19.4 Å². The van der Waals surface area contributed by atoms with Crippen LogP contribution in [0.25, 0.3) is 0 Å². The molecule has 2 heterocycles. The average molecular weight is 255 g/mol. The molecule has 0 amide bonds. The minimum absolute atomic E-state index is 0.0511. The molecule has 6 heteroatoms. The van der Waals surface area contributed by atoms with Crippen LogP contribution in [0.5, 0.6) is 0 Å². The first kappa shape index (κ1) is 13.8. The van der Waals surface area contributed by atoms with Gasteiger partial charge in [-0.25, -0.2) is 0 Å². The van der Waals surface area contributed by atoms with E-state index in [2.05, 4.69) is 5.32 Å². The van der Waals surface area contributed by atoms with Crippen LogP contribution in [0.4, 0.5) is 0 Å². The zero-order chi connectivity index (χ0) is 13.6. The minimum Gasteiger partial charge on any atom is -0.468 e. The van der Waals surface area contributed by atoms with Crippen molar-refractivity contribution < 1.29 is 18.8 Å². The molecule has 5 nitrogen and oxygen atoms in total. The van der Waals surface area contributed by atoms with E-state index < -0.39 is 0 Å².